The summed E-state index contributed by atoms with van der Waals surface area (Å²) >= 11 is 0. The molecule has 0 aliphatic carbocycles. The molecule has 0 atom stereocenters. The van der Waals surface area contributed by atoms with Crippen molar-refractivity contribution in [1.82, 2.24) is 0 Å². The highest BCUT2D eigenvalue weighted by Crippen LogP contribution is 2.14. The highest BCUT2D eigenvalue weighted by molar-refractivity contribution is 5.92. The number of nitrogens with two attached hydrogens (primary N) is 1. The number of ether oxygens (including phenoxy) is 2. The van der Waals surface area contributed by atoms with Crippen LogP contribution in [0.2, 0.25) is 0 Å². The molecule has 0 saturated carbocycles. The van der Waals surface area contributed by atoms with E-state index in [0.29, 0.717) is 12.5 Å². The number of guanidine groups is 1. The third-order valence-corrected chi connectivity index (χ3v) is 2.30. The number of rotatable bonds is 7. The molecule has 0 radical (unpaired) electrons. The van der Waals surface area contributed by atoms with Crippen LogP contribution in [0.15, 0.2) is 29.3 Å². The molecule has 0 aliphatic rings. The van der Waals surface area contributed by atoms with Crippen LogP contribution in [0.4, 0.5) is 5.69 Å². The van der Waals surface area contributed by atoms with E-state index < -0.39 is 0 Å². The normalized spacial score (nSPS) is 11.3. The zero-order valence-corrected chi connectivity index (χ0v) is 11.0. The van der Waals surface area contributed by atoms with E-state index in [4.69, 9.17) is 15.2 Å². The number of hydrogen-bond acceptors (Lipinski definition) is 3. The molecule has 0 unspecified atom stereocenters. The van der Waals surface area contributed by atoms with Crippen LogP contribution in [-0.2, 0) is 4.74 Å². The first-order valence-corrected chi connectivity index (χ1v) is 6.05. The predicted octanol–water partition coefficient (Wildman–Crippen LogP) is 1.85. The third kappa shape index (κ3) is 5.54. The van der Waals surface area contributed by atoms with Crippen LogP contribution < -0.4 is 15.8 Å². The molecule has 0 saturated heterocycles. The molecule has 0 aliphatic heterocycles. The number of anilines is 1. The Labute approximate surface area is 108 Å². The third-order valence-electron chi connectivity index (χ3n) is 2.30. The Hall–Kier alpha value is -1.75. The van der Waals surface area contributed by atoms with Crippen molar-refractivity contribution in [2.75, 3.05) is 32.2 Å². The van der Waals surface area contributed by atoms with E-state index in [0.717, 1.165) is 31.1 Å². The maximum Gasteiger partial charge on any atom is 0.193 e. The lowest BCUT2D eigenvalue weighted by Crippen LogP contribution is -2.22. The molecule has 1 rings (SSSR count). The van der Waals surface area contributed by atoms with Gasteiger partial charge in [0.25, 0.3) is 0 Å². The lowest BCUT2D eigenvalue weighted by molar-refractivity contribution is 0.146. The molecule has 0 heterocycles. The Kier molecular flexibility index (Phi) is 6.64. The van der Waals surface area contributed by atoms with Crippen LogP contribution in [0, 0.1) is 0 Å². The molecule has 0 bridgehead atoms. The number of aliphatic imine (C=N–C) groups is 1. The van der Waals surface area contributed by atoms with Gasteiger partial charge in [0.05, 0.1) is 7.11 Å². The Morgan fingerprint density at radius 1 is 1.33 bits per heavy atom. The van der Waals surface area contributed by atoms with E-state index in [1.54, 1.807) is 7.11 Å². The van der Waals surface area contributed by atoms with Crippen molar-refractivity contribution in [1.29, 1.82) is 0 Å². The van der Waals surface area contributed by atoms with E-state index in [2.05, 4.69) is 10.3 Å². The molecule has 3 N–H and O–H groups in total. The van der Waals surface area contributed by atoms with Gasteiger partial charge >= 0.3 is 0 Å². The Balaban J connectivity index is 2.33. The van der Waals surface area contributed by atoms with Gasteiger partial charge in [-0.2, -0.15) is 0 Å². The second kappa shape index (κ2) is 8.36. The van der Waals surface area contributed by atoms with Crippen LogP contribution >= 0.6 is 0 Å². The minimum absolute atomic E-state index is 0.414. The monoisotopic (exact) mass is 251 g/mol. The molecule has 0 spiro atoms. The van der Waals surface area contributed by atoms with E-state index >= 15 is 0 Å². The van der Waals surface area contributed by atoms with Crippen molar-refractivity contribution >= 4 is 11.6 Å². The first-order valence-electron chi connectivity index (χ1n) is 6.05. The molecule has 0 amide bonds. The first kappa shape index (κ1) is 14.3. The number of nitrogens with zero attached hydrogens (tertiary/aromatic N) is 1. The van der Waals surface area contributed by atoms with E-state index in [1.807, 2.05) is 31.2 Å². The van der Waals surface area contributed by atoms with Gasteiger partial charge < -0.3 is 20.5 Å². The van der Waals surface area contributed by atoms with Crippen molar-refractivity contribution in [2.24, 2.45) is 10.7 Å². The summed E-state index contributed by atoms with van der Waals surface area (Å²) in [5, 5.41) is 3.02. The van der Waals surface area contributed by atoms with Gasteiger partial charge in [0.15, 0.2) is 5.96 Å². The predicted molar refractivity (Wildman–Crippen MR) is 74.2 cm³/mol. The van der Waals surface area contributed by atoms with Crippen molar-refractivity contribution in [3.8, 4) is 5.75 Å². The summed E-state index contributed by atoms with van der Waals surface area (Å²) in [4.78, 5) is 4.21. The molecule has 5 nitrogen and oxygen atoms in total. The summed E-state index contributed by atoms with van der Waals surface area (Å²) in [5.74, 6) is 1.23. The van der Waals surface area contributed by atoms with E-state index in [-0.39, 0.29) is 0 Å². The molecular weight excluding hydrogens is 230 g/mol. The van der Waals surface area contributed by atoms with Crippen molar-refractivity contribution < 1.29 is 9.47 Å². The van der Waals surface area contributed by atoms with Gasteiger partial charge in [-0.05, 0) is 37.6 Å². The Bertz CT molecular complexity index is 363. The zero-order chi connectivity index (χ0) is 13.2. The quantitative estimate of drug-likeness (QED) is 0.441. The fraction of sp³-hybridized carbons (Fsp3) is 0.462. The summed E-state index contributed by atoms with van der Waals surface area (Å²) in [6, 6.07) is 7.51. The molecular formula is C13H21N3O2. The van der Waals surface area contributed by atoms with Gasteiger partial charge in [-0.15, -0.1) is 0 Å². The molecule has 0 aromatic heterocycles. The summed E-state index contributed by atoms with van der Waals surface area (Å²) in [5.41, 5.74) is 6.65. The van der Waals surface area contributed by atoms with E-state index in [1.165, 1.54) is 0 Å². The second-order valence-electron chi connectivity index (χ2n) is 3.67. The number of nitrogens with one attached hydrogen (secondary N) is 1. The summed E-state index contributed by atoms with van der Waals surface area (Å²) in [7, 11) is 1.64. The van der Waals surface area contributed by atoms with Crippen LogP contribution in [-0.4, -0.2) is 32.8 Å². The first-order chi connectivity index (χ1) is 8.76. The average molecular weight is 251 g/mol. The molecule has 1 aromatic carbocycles. The summed E-state index contributed by atoms with van der Waals surface area (Å²) in [6.45, 7) is 4.09. The largest absolute Gasteiger partial charge is 0.497 e. The second-order valence-corrected chi connectivity index (χ2v) is 3.67. The minimum atomic E-state index is 0.414. The summed E-state index contributed by atoms with van der Waals surface area (Å²) in [6.07, 6.45) is 0.874. The maximum absolute atomic E-state index is 5.76. The average Bonchev–Trinajstić information content (AvgIpc) is 2.39. The number of hydrogen-bond donors (Lipinski definition) is 2. The van der Waals surface area contributed by atoms with Crippen molar-refractivity contribution in [2.45, 2.75) is 13.3 Å². The minimum Gasteiger partial charge on any atom is -0.497 e. The lowest BCUT2D eigenvalue weighted by Gasteiger charge is -2.06. The van der Waals surface area contributed by atoms with Crippen molar-refractivity contribution in [3.05, 3.63) is 24.3 Å². The lowest BCUT2D eigenvalue weighted by atomic mass is 10.3. The smallest absolute Gasteiger partial charge is 0.193 e. The van der Waals surface area contributed by atoms with Crippen molar-refractivity contribution in [3.63, 3.8) is 0 Å². The summed E-state index contributed by atoms with van der Waals surface area (Å²) < 4.78 is 10.3. The highest BCUT2D eigenvalue weighted by atomic mass is 16.5. The highest BCUT2D eigenvalue weighted by Gasteiger charge is 1.95. The van der Waals surface area contributed by atoms with Crippen LogP contribution in [0.5, 0.6) is 5.75 Å². The van der Waals surface area contributed by atoms with Crippen LogP contribution in [0.25, 0.3) is 0 Å². The Morgan fingerprint density at radius 3 is 2.67 bits per heavy atom. The number of benzene rings is 1. The maximum atomic E-state index is 5.76. The van der Waals surface area contributed by atoms with Gasteiger partial charge in [-0.3, -0.25) is 4.99 Å². The van der Waals surface area contributed by atoms with E-state index in [9.17, 15) is 0 Å². The molecule has 100 valence electrons. The fourth-order valence-electron chi connectivity index (χ4n) is 1.37. The topological polar surface area (TPSA) is 68.9 Å². The fourth-order valence-corrected chi connectivity index (χ4v) is 1.37. The zero-order valence-electron chi connectivity index (χ0n) is 11.0. The SMILES string of the molecule is CCOCCCN=C(N)Nc1ccc(OC)cc1. The van der Waals surface area contributed by atoms with Gasteiger partial charge in [0.1, 0.15) is 5.75 Å². The van der Waals surface area contributed by atoms with Gasteiger partial charge in [-0.1, -0.05) is 0 Å². The number of methoxy groups -OCH3 is 1. The molecule has 5 heteroatoms. The van der Waals surface area contributed by atoms with Crippen LogP contribution in [0.3, 0.4) is 0 Å². The standard InChI is InChI=1S/C13H21N3O2/c1-3-18-10-4-9-15-13(14)16-11-5-7-12(17-2)8-6-11/h5-8H,3-4,9-10H2,1-2H3,(H3,14,15,16). The van der Waals surface area contributed by atoms with Gasteiger partial charge in [-0.25, -0.2) is 0 Å². The molecule has 0 fully saturated rings. The van der Waals surface area contributed by atoms with Gasteiger partial charge in [0, 0.05) is 25.4 Å². The molecule has 18 heavy (non-hydrogen) atoms. The van der Waals surface area contributed by atoms with Crippen LogP contribution in [0.1, 0.15) is 13.3 Å². The Morgan fingerprint density at radius 2 is 2.06 bits per heavy atom. The van der Waals surface area contributed by atoms with Gasteiger partial charge in [0.2, 0.25) is 0 Å². The molecule has 1 aromatic rings.